The lowest BCUT2D eigenvalue weighted by molar-refractivity contribution is 0.0325. The minimum atomic E-state index is -0.389. The van der Waals surface area contributed by atoms with E-state index >= 15 is 0 Å². The van der Waals surface area contributed by atoms with E-state index < -0.39 is 0 Å². The van der Waals surface area contributed by atoms with Gasteiger partial charge in [0.2, 0.25) is 0 Å². The standard InChI is InChI=1S/C36H44N2O3/c1-4-12-34-32(23-30(40)24-38(34)35(41)27-15-10-7-11-16-27)36(5-2)25(3)33(21-28-17-18-29(39)22-31(28)36)37-20-19-26-13-8-6-9-14-26/h6-11,13-18,22-23,25,32-34,37,39-40H,4-5,12,19-21,24H2,1-3H3. The highest BCUT2D eigenvalue weighted by Gasteiger charge is 2.54. The molecular weight excluding hydrogens is 508 g/mol. The molecule has 41 heavy (non-hydrogen) atoms. The van der Waals surface area contributed by atoms with E-state index in [9.17, 15) is 15.0 Å². The van der Waals surface area contributed by atoms with E-state index in [1.54, 1.807) is 6.07 Å². The molecule has 0 bridgehead atoms. The summed E-state index contributed by atoms with van der Waals surface area (Å²) >= 11 is 0. The van der Waals surface area contributed by atoms with Crippen LogP contribution in [0.15, 0.2) is 90.7 Å². The van der Waals surface area contributed by atoms with Gasteiger partial charge in [-0.3, -0.25) is 4.79 Å². The summed E-state index contributed by atoms with van der Waals surface area (Å²) in [5.74, 6) is 0.544. The smallest absolute Gasteiger partial charge is 0.254 e. The van der Waals surface area contributed by atoms with E-state index in [4.69, 9.17) is 0 Å². The maximum absolute atomic E-state index is 13.9. The number of hydrogen-bond acceptors (Lipinski definition) is 4. The normalized spacial score (nSPS) is 25.8. The summed E-state index contributed by atoms with van der Waals surface area (Å²) < 4.78 is 0. The highest BCUT2D eigenvalue weighted by Crippen LogP contribution is 2.53. The number of carbonyl (C=O) groups excluding carboxylic acids is 1. The third kappa shape index (κ3) is 5.65. The van der Waals surface area contributed by atoms with Crippen molar-refractivity contribution in [3.8, 4) is 5.75 Å². The Morgan fingerprint density at radius 2 is 1.71 bits per heavy atom. The molecule has 0 radical (unpaired) electrons. The number of aliphatic hydroxyl groups excluding tert-OH is 1. The zero-order valence-corrected chi connectivity index (χ0v) is 24.6. The number of nitrogens with one attached hydrogen (secondary N) is 1. The molecule has 1 aliphatic carbocycles. The molecule has 3 aromatic rings. The predicted molar refractivity (Wildman–Crippen MR) is 165 cm³/mol. The van der Waals surface area contributed by atoms with E-state index in [1.807, 2.05) is 53.4 Å². The van der Waals surface area contributed by atoms with Gasteiger partial charge in [0.05, 0.1) is 6.54 Å². The van der Waals surface area contributed by atoms with Crippen molar-refractivity contribution in [2.24, 2.45) is 11.8 Å². The molecule has 0 fully saturated rings. The van der Waals surface area contributed by atoms with Gasteiger partial charge in [0.25, 0.3) is 5.91 Å². The zero-order chi connectivity index (χ0) is 29.0. The Labute approximate surface area is 244 Å². The molecule has 0 aromatic heterocycles. The summed E-state index contributed by atoms with van der Waals surface area (Å²) in [6.45, 7) is 7.80. The number of hydrogen-bond donors (Lipinski definition) is 3. The molecule has 0 saturated carbocycles. The molecule has 1 aliphatic heterocycles. The number of phenolic OH excluding ortho intramolecular Hbond substituents is 1. The number of phenols is 1. The summed E-state index contributed by atoms with van der Waals surface area (Å²) in [5.41, 5.74) is 3.95. The second-order valence-corrected chi connectivity index (χ2v) is 11.9. The lowest BCUT2D eigenvalue weighted by Crippen LogP contribution is -2.60. The van der Waals surface area contributed by atoms with Gasteiger partial charge >= 0.3 is 0 Å². The lowest BCUT2D eigenvalue weighted by Gasteiger charge is -2.56. The van der Waals surface area contributed by atoms with Gasteiger partial charge in [0, 0.05) is 29.0 Å². The van der Waals surface area contributed by atoms with Gasteiger partial charge in [-0.1, -0.05) is 81.8 Å². The van der Waals surface area contributed by atoms with Crippen molar-refractivity contribution < 1.29 is 15.0 Å². The van der Waals surface area contributed by atoms with Crippen molar-refractivity contribution >= 4 is 5.91 Å². The molecule has 1 heterocycles. The number of carbonyl (C=O) groups is 1. The summed E-state index contributed by atoms with van der Waals surface area (Å²) in [6, 6.07) is 25.9. The Balaban J connectivity index is 1.55. The first kappa shape index (κ1) is 28.9. The number of rotatable bonds is 9. The Morgan fingerprint density at radius 3 is 2.39 bits per heavy atom. The third-order valence-corrected chi connectivity index (χ3v) is 9.68. The second kappa shape index (κ2) is 12.5. The van der Waals surface area contributed by atoms with Crippen molar-refractivity contribution in [2.45, 2.75) is 70.4 Å². The predicted octanol–water partition coefficient (Wildman–Crippen LogP) is 6.82. The molecule has 5 unspecified atom stereocenters. The summed E-state index contributed by atoms with van der Waals surface area (Å²) in [6.07, 6.45) is 6.45. The number of fused-ring (bicyclic) bond motifs is 1. The van der Waals surface area contributed by atoms with Crippen LogP contribution in [0.2, 0.25) is 0 Å². The quantitative estimate of drug-likeness (QED) is 0.273. The zero-order valence-electron chi connectivity index (χ0n) is 24.6. The Bertz CT molecular complexity index is 1360. The van der Waals surface area contributed by atoms with Crippen LogP contribution in [0.3, 0.4) is 0 Å². The van der Waals surface area contributed by atoms with Crippen LogP contribution in [0.4, 0.5) is 0 Å². The highest BCUT2D eigenvalue weighted by molar-refractivity contribution is 5.94. The molecule has 2 aliphatic rings. The first-order valence-electron chi connectivity index (χ1n) is 15.2. The maximum atomic E-state index is 13.9. The molecule has 5 nitrogen and oxygen atoms in total. The molecule has 1 amide bonds. The monoisotopic (exact) mass is 552 g/mol. The fourth-order valence-electron chi connectivity index (χ4n) is 7.67. The minimum absolute atomic E-state index is 0.0444. The van der Waals surface area contributed by atoms with Crippen molar-refractivity contribution in [3.05, 3.63) is 113 Å². The van der Waals surface area contributed by atoms with Crippen LogP contribution in [-0.2, 0) is 18.3 Å². The number of amides is 1. The van der Waals surface area contributed by atoms with Crippen molar-refractivity contribution in [1.82, 2.24) is 10.2 Å². The molecule has 5 atom stereocenters. The minimum Gasteiger partial charge on any atom is -0.511 e. The summed E-state index contributed by atoms with van der Waals surface area (Å²) in [7, 11) is 0. The molecular formula is C36H44N2O3. The van der Waals surface area contributed by atoms with Crippen LogP contribution in [0.5, 0.6) is 5.75 Å². The Morgan fingerprint density at radius 1 is 1.00 bits per heavy atom. The van der Waals surface area contributed by atoms with Gasteiger partial charge < -0.3 is 20.4 Å². The SMILES string of the molecule is CCCC1C(C2(CC)c3cc(O)ccc3CC(NCCc3ccccc3)C2C)C=C(O)CN1C(=O)c1ccccc1. The fourth-order valence-corrected chi connectivity index (χ4v) is 7.67. The first-order valence-corrected chi connectivity index (χ1v) is 15.2. The highest BCUT2D eigenvalue weighted by atomic mass is 16.3. The van der Waals surface area contributed by atoms with E-state index in [1.165, 1.54) is 11.1 Å². The van der Waals surface area contributed by atoms with E-state index in [2.05, 4.69) is 56.4 Å². The molecule has 0 saturated heterocycles. The van der Waals surface area contributed by atoms with Crippen LogP contribution in [0, 0.1) is 11.8 Å². The molecule has 216 valence electrons. The number of nitrogens with zero attached hydrogens (tertiary/aromatic N) is 1. The van der Waals surface area contributed by atoms with Crippen molar-refractivity contribution in [2.75, 3.05) is 13.1 Å². The van der Waals surface area contributed by atoms with E-state index in [0.29, 0.717) is 5.56 Å². The van der Waals surface area contributed by atoms with Crippen LogP contribution in [0.25, 0.3) is 0 Å². The van der Waals surface area contributed by atoms with Crippen LogP contribution in [0.1, 0.15) is 67.1 Å². The van der Waals surface area contributed by atoms with Crippen LogP contribution in [-0.4, -0.2) is 46.2 Å². The Kier molecular flexibility index (Phi) is 8.84. The van der Waals surface area contributed by atoms with E-state index in [-0.39, 0.29) is 53.3 Å². The Hall–Kier alpha value is -3.57. The van der Waals surface area contributed by atoms with Gasteiger partial charge in [-0.2, -0.15) is 0 Å². The number of aromatic hydroxyl groups is 1. The average molecular weight is 553 g/mol. The van der Waals surface area contributed by atoms with Crippen molar-refractivity contribution in [1.29, 1.82) is 0 Å². The first-order chi connectivity index (χ1) is 19.9. The van der Waals surface area contributed by atoms with Crippen molar-refractivity contribution in [3.63, 3.8) is 0 Å². The van der Waals surface area contributed by atoms with Gasteiger partial charge in [-0.15, -0.1) is 0 Å². The topological polar surface area (TPSA) is 72.8 Å². The molecule has 5 rings (SSSR count). The number of benzene rings is 3. The fraction of sp³-hybridized carbons (Fsp3) is 0.417. The maximum Gasteiger partial charge on any atom is 0.254 e. The van der Waals surface area contributed by atoms with Crippen LogP contribution >= 0.6 is 0 Å². The average Bonchev–Trinajstić information content (AvgIpc) is 2.99. The largest absolute Gasteiger partial charge is 0.511 e. The molecule has 3 N–H and O–H groups in total. The number of aliphatic hydroxyl groups is 1. The lowest BCUT2D eigenvalue weighted by atomic mass is 9.52. The summed E-state index contributed by atoms with van der Waals surface area (Å²) in [5, 5.41) is 25.8. The molecule has 0 spiro atoms. The molecule has 5 heteroatoms. The van der Waals surface area contributed by atoms with E-state index in [0.717, 1.165) is 44.2 Å². The second-order valence-electron chi connectivity index (χ2n) is 11.9. The molecule has 3 aromatic carbocycles. The van der Waals surface area contributed by atoms with Gasteiger partial charge in [0.1, 0.15) is 11.5 Å². The third-order valence-electron chi connectivity index (χ3n) is 9.68. The van der Waals surface area contributed by atoms with Crippen LogP contribution < -0.4 is 5.32 Å². The van der Waals surface area contributed by atoms with Gasteiger partial charge in [-0.05, 0) is 85.2 Å². The van der Waals surface area contributed by atoms with Gasteiger partial charge in [-0.25, -0.2) is 0 Å². The van der Waals surface area contributed by atoms with Gasteiger partial charge in [0.15, 0.2) is 0 Å². The summed E-state index contributed by atoms with van der Waals surface area (Å²) in [4.78, 5) is 15.8.